The Hall–Kier alpha value is -2.24. The van der Waals surface area contributed by atoms with E-state index in [-0.39, 0.29) is 26.2 Å². The van der Waals surface area contributed by atoms with Gasteiger partial charge in [-0.1, -0.05) is 41.4 Å². The van der Waals surface area contributed by atoms with Crippen molar-refractivity contribution < 1.29 is 23.3 Å². The molecule has 1 atom stereocenters. The molecule has 2 aromatic rings. The number of sulfonamides is 1. The lowest BCUT2D eigenvalue weighted by Crippen LogP contribution is -2.46. The number of rotatable bonds is 7. The van der Waals surface area contributed by atoms with Crippen LogP contribution in [0.25, 0.3) is 0 Å². The van der Waals surface area contributed by atoms with E-state index in [1.54, 1.807) is 0 Å². The third kappa shape index (κ3) is 4.59. The van der Waals surface area contributed by atoms with Gasteiger partial charge in [0, 0.05) is 23.2 Å². The summed E-state index contributed by atoms with van der Waals surface area (Å²) in [6.45, 7) is 0.702. The number of carbonyl (C=O) groups is 1. The van der Waals surface area contributed by atoms with Crippen LogP contribution in [0.3, 0.4) is 0 Å². The van der Waals surface area contributed by atoms with Gasteiger partial charge in [0.2, 0.25) is 10.0 Å². The molecule has 0 aromatic heterocycles. The summed E-state index contributed by atoms with van der Waals surface area (Å²) in [4.78, 5) is 22.2. The number of nitro benzene ring substituents is 1. The molecule has 9 nitrogen and oxygen atoms in total. The number of para-hydroxylation sites is 1. The molecule has 2 N–H and O–H groups in total. The Labute approximate surface area is 170 Å². The van der Waals surface area contributed by atoms with E-state index in [1.165, 1.54) is 48.8 Å². The Balaban J connectivity index is 2.62. The molecule has 28 heavy (non-hydrogen) atoms. The molecule has 0 aliphatic carbocycles. The van der Waals surface area contributed by atoms with Gasteiger partial charge < -0.3 is 0 Å². The first-order valence-corrected chi connectivity index (χ1v) is 9.92. The molecule has 0 aliphatic rings. The molecule has 0 fully saturated rings. The van der Waals surface area contributed by atoms with E-state index in [9.17, 15) is 23.3 Å². The van der Waals surface area contributed by atoms with Crippen molar-refractivity contribution in [3.05, 3.63) is 68.2 Å². The number of hydroxylamine groups is 1. The smallest absolute Gasteiger partial charge is 0.273 e. The van der Waals surface area contributed by atoms with Crippen molar-refractivity contribution in [1.82, 2.24) is 9.79 Å². The Morgan fingerprint density at radius 1 is 1.29 bits per heavy atom. The average Bonchev–Trinajstić information content (AvgIpc) is 2.66. The fourth-order valence-corrected chi connectivity index (χ4v) is 4.76. The van der Waals surface area contributed by atoms with Gasteiger partial charge >= 0.3 is 0 Å². The minimum Gasteiger partial charge on any atom is -0.289 e. The highest BCUT2D eigenvalue weighted by Crippen LogP contribution is 2.31. The number of halogens is 2. The summed E-state index contributed by atoms with van der Waals surface area (Å²) in [5, 5.41) is 20.1. The van der Waals surface area contributed by atoms with E-state index in [2.05, 4.69) is 0 Å². The molecule has 0 unspecified atom stereocenters. The molecule has 0 saturated carbocycles. The summed E-state index contributed by atoms with van der Waals surface area (Å²) in [6, 6.07) is 7.86. The molecule has 2 rings (SSSR count). The minimum absolute atomic E-state index is 0.0480. The van der Waals surface area contributed by atoms with E-state index in [0.29, 0.717) is 4.31 Å². The van der Waals surface area contributed by atoms with Crippen LogP contribution in [-0.4, -0.2) is 34.8 Å². The average molecular weight is 448 g/mol. The van der Waals surface area contributed by atoms with Crippen LogP contribution < -0.4 is 5.48 Å². The summed E-state index contributed by atoms with van der Waals surface area (Å²) in [6.07, 6.45) is 0. The van der Waals surface area contributed by atoms with E-state index in [0.717, 1.165) is 6.07 Å². The maximum atomic E-state index is 13.2. The lowest BCUT2D eigenvalue weighted by Gasteiger charge is -2.27. The van der Waals surface area contributed by atoms with E-state index in [4.69, 9.17) is 28.4 Å². The molecule has 2 aromatic carbocycles. The van der Waals surface area contributed by atoms with Crippen LogP contribution in [0.1, 0.15) is 12.5 Å². The largest absolute Gasteiger partial charge is 0.289 e. The molecular formula is C16H15Cl2N3O6S. The van der Waals surface area contributed by atoms with Crippen molar-refractivity contribution in [3.63, 3.8) is 0 Å². The van der Waals surface area contributed by atoms with Crippen LogP contribution in [0, 0.1) is 10.1 Å². The van der Waals surface area contributed by atoms with Gasteiger partial charge in [-0.05, 0) is 25.1 Å². The molecule has 0 heterocycles. The second-order valence-electron chi connectivity index (χ2n) is 5.66. The van der Waals surface area contributed by atoms with Crippen LogP contribution in [0.4, 0.5) is 5.69 Å². The van der Waals surface area contributed by atoms with E-state index < -0.39 is 33.4 Å². The van der Waals surface area contributed by atoms with Gasteiger partial charge in [-0.25, -0.2) is 13.9 Å². The van der Waals surface area contributed by atoms with Crippen molar-refractivity contribution in [2.75, 3.05) is 0 Å². The predicted molar refractivity (Wildman–Crippen MR) is 102 cm³/mol. The summed E-state index contributed by atoms with van der Waals surface area (Å²) in [5.41, 5.74) is 1.11. The number of nitro groups is 1. The first-order valence-electron chi connectivity index (χ1n) is 7.72. The third-order valence-corrected chi connectivity index (χ3v) is 6.55. The topological polar surface area (TPSA) is 130 Å². The van der Waals surface area contributed by atoms with Gasteiger partial charge in [0.05, 0.1) is 9.95 Å². The summed E-state index contributed by atoms with van der Waals surface area (Å²) in [5.74, 6) is -1.03. The van der Waals surface area contributed by atoms with Crippen LogP contribution in [0.15, 0.2) is 47.4 Å². The molecular weight excluding hydrogens is 433 g/mol. The normalized spacial score (nSPS) is 12.6. The lowest BCUT2D eigenvalue weighted by molar-refractivity contribution is -0.385. The first-order chi connectivity index (χ1) is 13.1. The maximum absolute atomic E-state index is 13.2. The molecule has 0 bridgehead atoms. The number of amides is 1. The zero-order valence-corrected chi connectivity index (χ0v) is 16.7. The SMILES string of the molecule is C[C@@H](C(=O)NO)N(Cc1ccccc1[N+](=O)[O-])S(=O)(=O)c1cc(Cl)ccc1Cl. The van der Waals surface area contributed by atoms with Crippen LogP contribution in [-0.2, 0) is 21.4 Å². The molecule has 0 aliphatic heterocycles. The minimum atomic E-state index is -4.43. The molecule has 0 radical (unpaired) electrons. The van der Waals surface area contributed by atoms with Crippen LogP contribution in [0.2, 0.25) is 10.0 Å². The van der Waals surface area contributed by atoms with Crippen molar-refractivity contribution >= 4 is 44.8 Å². The lowest BCUT2D eigenvalue weighted by atomic mass is 10.1. The monoisotopic (exact) mass is 447 g/mol. The number of carbonyl (C=O) groups excluding carboxylic acids is 1. The highest BCUT2D eigenvalue weighted by atomic mass is 35.5. The van der Waals surface area contributed by atoms with Gasteiger partial charge in [0.25, 0.3) is 11.6 Å². The number of nitrogens with one attached hydrogen (secondary N) is 1. The number of benzene rings is 2. The maximum Gasteiger partial charge on any atom is 0.273 e. The summed E-state index contributed by atoms with van der Waals surface area (Å²) >= 11 is 11.9. The second kappa shape index (κ2) is 8.84. The quantitative estimate of drug-likeness (QED) is 0.381. The molecule has 12 heteroatoms. The zero-order chi connectivity index (χ0) is 21.1. The van der Waals surface area contributed by atoms with Gasteiger partial charge in [-0.15, -0.1) is 0 Å². The highest BCUT2D eigenvalue weighted by molar-refractivity contribution is 7.89. The standard InChI is InChI=1S/C16H15Cl2N3O6S/c1-10(16(22)19-23)20(9-11-4-2-3-5-14(11)21(24)25)28(26,27)15-8-12(17)6-7-13(15)18/h2-8,10,23H,9H2,1H3,(H,19,22)/t10-/m0/s1. The van der Waals surface area contributed by atoms with Gasteiger partial charge in [-0.2, -0.15) is 4.31 Å². The second-order valence-corrected chi connectivity index (χ2v) is 8.37. The number of nitrogens with zero attached hydrogens (tertiary/aromatic N) is 2. The van der Waals surface area contributed by atoms with Crippen molar-refractivity contribution in [2.24, 2.45) is 0 Å². The van der Waals surface area contributed by atoms with Gasteiger partial charge in [-0.3, -0.25) is 20.1 Å². The molecule has 0 saturated heterocycles. The van der Waals surface area contributed by atoms with Crippen molar-refractivity contribution in [2.45, 2.75) is 24.4 Å². The van der Waals surface area contributed by atoms with E-state index >= 15 is 0 Å². The Morgan fingerprint density at radius 3 is 2.54 bits per heavy atom. The van der Waals surface area contributed by atoms with Gasteiger partial charge in [0.15, 0.2) is 0 Å². The highest BCUT2D eigenvalue weighted by Gasteiger charge is 2.36. The van der Waals surface area contributed by atoms with Crippen LogP contribution in [0.5, 0.6) is 0 Å². The Kier molecular flexibility index (Phi) is 6.96. The summed E-state index contributed by atoms with van der Waals surface area (Å²) in [7, 11) is -4.43. The van der Waals surface area contributed by atoms with Gasteiger partial charge in [0.1, 0.15) is 10.9 Å². The summed E-state index contributed by atoms with van der Waals surface area (Å²) < 4.78 is 27.1. The fourth-order valence-electron chi connectivity index (χ4n) is 2.45. The molecule has 150 valence electrons. The molecule has 1 amide bonds. The number of hydrogen-bond acceptors (Lipinski definition) is 6. The zero-order valence-electron chi connectivity index (χ0n) is 14.4. The third-order valence-electron chi connectivity index (χ3n) is 3.92. The van der Waals surface area contributed by atoms with Crippen molar-refractivity contribution in [1.29, 1.82) is 0 Å². The van der Waals surface area contributed by atoms with Crippen molar-refractivity contribution in [3.8, 4) is 0 Å². The number of hydrogen-bond donors (Lipinski definition) is 2. The fraction of sp³-hybridized carbons (Fsp3) is 0.188. The Bertz CT molecular complexity index is 1020. The Morgan fingerprint density at radius 2 is 1.93 bits per heavy atom. The van der Waals surface area contributed by atoms with Crippen LogP contribution >= 0.6 is 23.2 Å². The first kappa shape index (κ1) is 22.1. The molecule has 0 spiro atoms. The van der Waals surface area contributed by atoms with E-state index in [1.807, 2.05) is 0 Å². The predicted octanol–water partition coefficient (Wildman–Crippen LogP) is 2.99.